The predicted octanol–water partition coefficient (Wildman–Crippen LogP) is 3.38. The maximum Gasteiger partial charge on any atom is 0.401 e. The first-order valence-electron chi connectivity index (χ1n) is 7.22. The van der Waals surface area contributed by atoms with Gasteiger partial charge in [0.25, 0.3) is 0 Å². The van der Waals surface area contributed by atoms with Crippen LogP contribution in [0.2, 0.25) is 0 Å². The molecule has 2 aromatic rings. The van der Waals surface area contributed by atoms with Crippen molar-refractivity contribution in [1.82, 2.24) is 14.9 Å². The molecule has 0 bridgehead atoms. The molecule has 1 saturated heterocycles. The number of hydrogen-bond donors (Lipinski definition) is 1. The minimum Gasteiger partial charge on any atom is -0.369 e. The van der Waals surface area contributed by atoms with Crippen LogP contribution in [-0.4, -0.2) is 47.2 Å². The molecule has 3 rings (SSSR count). The number of nitrogens with zero attached hydrogens (tertiary/aromatic N) is 3. The monoisotopic (exact) mass is 330 g/mol. The molecule has 0 radical (unpaired) electrons. The highest BCUT2D eigenvalue weighted by atomic mass is 32.1. The van der Waals surface area contributed by atoms with Gasteiger partial charge in [-0.2, -0.15) is 13.2 Å². The lowest BCUT2D eigenvalue weighted by Crippen LogP contribution is -2.41. The van der Waals surface area contributed by atoms with Gasteiger partial charge >= 0.3 is 6.18 Å². The second kappa shape index (κ2) is 6.37. The highest BCUT2D eigenvalue weighted by Gasteiger charge is 2.32. The van der Waals surface area contributed by atoms with Crippen LogP contribution >= 0.6 is 11.3 Å². The van der Waals surface area contributed by atoms with E-state index in [1.807, 2.05) is 11.4 Å². The summed E-state index contributed by atoms with van der Waals surface area (Å²) >= 11 is 1.59. The number of fused-ring (bicyclic) bond motifs is 1. The number of alkyl halides is 3. The van der Waals surface area contributed by atoms with Gasteiger partial charge in [0.15, 0.2) is 0 Å². The van der Waals surface area contributed by atoms with E-state index in [1.54, 1.807) is 11.3 Å². The van der Waals surface area contributed by atoms with Gasteiger partial charge in [-0.25, -0.2) is 9.97 Å². The predicted molar refractivity (Wildman–Crippen MR) is 81.1 cm³/mol. The third-order valence-electron chi connectivity index (χ3n) is 3.91. The first-order valence-corrected chi connectivity index (χ1v) is 8.10. The van der Waals surface area contributed by atoms with Crippen molar-refractivity contribution in [3.8, 4) is 0 Å². The molecule has 1 aliphatic heterocycles. The maximum absolute atomic E-state index is 12.4. The van der Waals surface area contributed by atoms with Gasteiger partial charge in [0.05, 0.1) is 16.8 Å². The van der Waals surface area contributed by atoms with Gasteiger partial charge < -0.3 is 5.32 Å². The third-order valence-corrected chi connectivity index (χ3v) is 4.82. The fourth-order valence-corrected chi connectivity index (χ4v) is 3.57. The van der Waals surface area contributed by atoms with Gasteiger partial charge in [-0.05, 0) is 43.3 Å². The van der Waals surface area contributed by atoms with Crippen molar-refractivity contribution in [2.24, 2.45) is 5.92 Å². The Morgan fingerprint density at radius 3 is 2.77 bits per heavy atom. The summed E-state index contributed by atoms with van der Waals surface area (Å²) in [6, 6.07) is 1.95. The van der Waals surface area contributed by atoms with E-state index in [2.05, 4.69) is 15.3 Å². The van der Waals surface area contributed by atoms with Crippen LogP contribution < -0.4 is 5.32 Å². The zero-order chi connectivity index (χ0) is 15.6. The Morgan fingerprint density at radius 2 is 2.05 bits per heavy atom. The number of piperidine rings is 1. The molecule has 8 heteroatoms. The van der Waals surface area contributed by atoms with Crippen molar-refractivity contribution >= 4 is 27.4 Å². The van der Waals surface area contributed by atoms with Crippen molar-refractivity contribution in [3.63, 3.8) is 0 Å². The van der Waals surface area contributed by atoms with Gasteiger partial charge in [-0.1, -0.05) is 0 Å². The smallest absolute Gasteiger partial charge is 0.369 e. The van der Waals surface area contributed by atoms with E-state index >= 15 is 0 Å². The van der Waals surface area contributed by atoms with E-state index in [1.165, 1.54) is 11.2 Å². The van der Waals surface area contributed by atoms with Gasteiger partial charge in [0.1, 0.15) is 12.1 Å². The molecule has 0 unspecified atom stereocenters. The summed E-state index contributed by atoms with van der Waals surface area (Å²) in [6.07, 6.45) is -1.01. The number of thiophene rings is 1. The fourth-order valence-electron chi connectivity index (χ4n) is 2.76. The molecule has 22 heavy (non-hydrogen) atoms. The summed E-state index contributed by atoms with van der Waals surface area (Å²) in [5.74, 6) is 1.20. The highest BCUT2D eigenvalue weighted by Crippen LogP contribution is 2.26. The normalized spacial score (nSPS) is 18.0. The van der Waals surface area contributed by atoms with E-state index in [9.17, 15) is 13.2 Å². The summed E-state index contributed by atoms with van der Waals surface area (Å²) in [5.41, 5.74) is 0.919. The van der Waals surface area contributed by atoms with Crippen molar-refractivity contribution in [2.45, 2.75) is 19.0 Å². The Morgan fingerprint density at radius 1 is 1.27 bits per heavy atom. The Kier molecular flexibility index (Phi) is 4.49. The molecule has 0 atom stereocenters. The highest BCUT2D eigenvalue weighted by molar-refractivity contribution is 7.17. The molecular formula is C14H17F3N4S. The first-order chi connectivity index (χ1) is 10.5. The van der Waals surface area contributed by atoms with Crippen LogP contribution in [0, 0.1) is 5.92 Å². The average molecular weight is 330 g/mol. The summed E-state index contributed by atoms with van der Waals surface area (Å²) in [5, 5.41) is 5.30. The number of nitrogens with one attached hydrogen (secondary N) is 1. The SMILES string of the molecule is FC(F)(F)CN1CCC(CNc2ncnc3ccsc23)CC1. The molecule has 1 fully saturated rings. The molecule has 0 aliphatic carbocycles. The Bertz CT molecular complexity index is 620. The Balaban J connectivity index is 1.50. The van der Waals surface area contributed by atoms with Crippen LogP contribution in [0.1, 0.15) is 12.8 Å². The zero-order valence-electron chi connectivity index (χ0n) is 11.9. The van der Waals surface area contributed by atoms with Crippen LogP contribution in [0.4, 0.5) is 19.0 Å². The third kappa shape index (κ3) is 3.86. The lowest BCUT2D eigenvalue weighted by atomic mass is 9.97. The average Bonchev–Trinajstić information content (AvgIpc) is 2.94. The molecule has 4 nitrogen and oxygen atoms in total. The molecule has 3 heterocycles. The number of anilines is 1. The molecule has 0 aromatic carbocycles. The first kappa shape index (κ1) is 15.5. The van der Waals surface area contributed by atoms with E-state index in [-0.39, 0.29) is 0 Å². The van der Waals surface area contributed by atoms with Gasteiger partial charge in [-0.15, -0.1) is 11.3 Å². The fraction of sp³-hybridized carbons (Fsp3) is 0.571. The van der Waals surface area contributed by atoms with Crippen LogP contribution in [0.15, 0.2) is 17.8 Å². The second-order valence-corrected chi connectivity index (χ2v) is 6.49. The van der Waals surface area contributed by atoms with Crippen LogP contribution in [0.25, 0.3) is 10.2 Å². The molecule has 120 valence electrons. The van der Waals surface area contributed by atoms with E-state index < -0.39 is 12.7 Å². The standard InChI is InChI=1S/C14H17F3N4S/c15-14(16,17)8-21-4-1-10(2-5-21)7-18-13-12-11(3-6-22-12)19-9-20-13/h3,6,9-10H,1-2,4-5,7-8H2,(H,18,19,20). The zero-order valence-corrected chi connectivity index (χ0v) is 12.8. The van der Waals surface area contributed by atoms with E-state index in [4.69, 9.17) is 0 Å². The number of hydrogen-bond acceptors (Lipinski definition) is 5. The van der Waals surface area contributed by atoms with Crippen molar-refractivity contribution < 1.29 is 13.2 Å². The van der Waals surface area contributed by atoms with Crippen molar-refractivity contribution in [2.75, 3.05) is 31.5 Å². The Labute approximate surface area is 130 Å². The maximum atomic E-state index is 12.4. The van der Waals surface area contributed by atoms with Crippen molar-refractivity contribution in [1.29, 1.82) is 0 Å². The lowest BCUT2D eigenvalue weighted by Gasteiger charge is -2.32. The van der Waals surface area contributed by atoms with Crippen LogP contribution in [0.5, 0.6) is 0 Å². The largest absolute Gasteiger partial charge is 0.401 e. The van der Waals surface area contributed by atoms with Gasteiger partial charge in [0.2, 0.25) is 0 Å². The summed E-state index contributed by atoms with van der Waals surface area (Å²) in [6.45, 7) is 0.951. The minimum absolute atomic E-state index is 0.384. The van der Waals surface area contributed by atoms with Crippen molar-refractivity contribution in [3.05, 3.63) is 17.8 Å². The summed E-state index contributed by atoms with van der Waals surface area (Å²) in [4.78, 5) is 9.93. The number of aromatic nitrogens is 2. The molecule has 0 spiro atoms. The molecule has 1 N–H and O–H groups in total. The number of likely N-dealkylation sites (tertiary alicyclic amines) is 1. The Hall–Kier alpha value is -1.41. The minimum atomic E-state index is -4.10. The molecule has 0 amide bonds. The number of halogens is 3. The van der Waals surface area contributed by atoms with E-state index in [0.717, 1.165) is 35.4 Å². The molecule has 2 aromatic heterocycles. The van der Waals surface area contributed by atoms with Crippen LogP contribution in [-0.2, 0) is 0 Å². The van der Waals surface area contributed by atoms with E-state index in [0.29, 0.717) is 19.0 Å². The lowest BCUT2D eigenvalue weighted by molar-refractivity contribution is -0.148. The summed E-state index contributed by atoms with van der Waals surface area (Å²) < 4.78 is 38.1. The van der Waals surface area contributed by atoms with Gasteiger partial charge in [-0.3, -0.25) is 4.90 Å². The molecular weight excluding hydrogens is 313 g/mol. The summed E-state index contributed by atoms with van der Waals surface area (Å²) in [7, 11) is 0. The molecule has 1 aliphatic rings. The van der Waals surface area contributed by atoms with Gasteiger partial charge in [0, 0.05) is 6.54 Å². The number of rotatable bonds is 4. The molecule has 0 saturated carbocycles. The van der Waals surface area contributed by atoms with Crippen LogP contribution in [0.3, 0.4) is 0 Å². The topological polar surface area (TPSA) is 41.0 Å². The quantitative estimate of drug-likeness (QED) is 0.933. The second-order valence-electron chi connectivity index (χ2n) is 5.57.